The highest BCUT2D eigenvalue weighted by molar-refractivity contribution is 7.20. The van der Waals surface area contributed by atoms with Gasteiger partial charge in [-0.1, -0.05) is 35.9 Å². The molecule has 11 heteroatoms. The van der Waals surface area contributed by atoms with Gasteiger partial charge in [-0.25, -0.2) is 0 Å². The van der Waals surface area contributed by atoms with Crippen molar-refractivity contribution in [2.45, 2.75) is 13.5 Å². The van der Waals surface area contributed by atoms with E-state index < -0.39 is 16.7 Å². The molecule has 2 aromatic carbocycles. The zero-order chi connectivity index (χ0) is 22.8. The van der Waals surface area contributed by atoms with E-state index in [2.05, 4.69) is 16.0 Å². The van der Waals surface area contributed by atoms with E-state index in [1.54, 1.807) is 10.7 Å². The highest BCUT2D eigenvalue weighted by Gasteiger charge is 2.18. The number of amides is 2. The van der Waals surface area contributed by atoms with Gasteiger partial charge >= 0.3 is 0 Å². The molecule has 0 saturated heterocycles. The van der Waals surface area contributed by atoms with E-state index in [0.29, 0.717) is 16.4 Å². The highest BCUT2D eigenvalue weighted by Crippen LogP contribution is 2.29. The fourth-order valence-corrected chi connectivity index (χ4v) is 4.38. The number of carbonyl (C=O) groups excluding carboxylic acids is 2. The van der Waals surface area contributed by atoms with Crippen LogP contribution in [0.25, 0.3) is 10.2 Å². The van der Waals surface area contributed by atoms with Gasteiger partial charge in [0.05, 0.1) is 22.0 Å². The predicted molar refractivity (Wildman–Crippen MR) is 121 cm³/mol. The maximum Gasteiger partial charge on any atom is 0.279 e. The van der Waals surface area contributed by atoms with Crippen LogP contribution in [0.5, 0.6) is 0 Å². The van der Waals surface area contributed by atoms with Crippen LogP contribution in [-0.4, -0.2) is 26.5 Å². The molecule has 0 aliphatic rings. The number of hydrazine groups is 1. The molecule has 0 aliphatic heterocycles. The van der Waals surface area contributed by atoms with E-state index in [0.717, 1.165) is 27.5 Å². The van der Waals surface area contributed by atoms with Crippen molar-refractivity contribution in [3.63, 3.8) is 0 Å². The van der Waals surface area contributed by atoms with Crippen molar-refractivity contribution in [3.05, 3.63) is 91.4 Å². The molecular formula is C21H16ClN5O4S. The lowest BCUT2D eigenvalue weighted by Crippen LogP contribution is -2.41. The normalized spacial score (nSPS) is 10.8. The average Bonchev–Trinajstić information content (AvgIpc) is 3.34. The van der Waals surface area contributed by atoms with Gasteiger partial charge in [-0.2, -0.15) is 5.10 Å². The molecule has 9 nitrogen and oxygen atoms in total. The molecule has 0 fully saturated rings. The highest BCUT2D eigenvalue weighted by atomic mass is 35.5. The molecule has 0 radical (unpaired) electrons. The van der Waals surface area contributed by atoms with E-state index in [9.17, 15) is 19.7 Å². The number of hydrogen-bond acceptors (Lipinski definition) is 6. The molecule has 0 aliphatic carbocycles. The molecule has 0 spiro atoms. The molecule has 4 aromatic rings. The summed E-state index contributed by atoms with van der Waals surface area (Å²) in [6.45, 7) is 2.30. The maximum absolute atomic E-state index is 12.6. The first-order valence-corrected chi connectivity index (χ1v) is 10.6. The summed E-state index contributed by atoms with van der Waals surface area (Å²) in [4.78, 5) is 36.3. The summed E-state index contributed by atoms with van der Waals surface area (Å²) in [7, 11) is 0. The number of nitrogens with zero attached hydrogens (tertiary/aromatic N) is 3. The summed E-state index contributed by atoms with van der Waals surface area (Å²) in [5.74, 6) is -1.17. The zero-order valence-corrected chi connectivity index (χ0v) is 18.2. The van der Waals surface area contributed by atoms with Crippen molar-refractivity contribution >= 4 is 50.7 Å². The molecule has 162 valence electrons. The molecule has 2 aromatic heterocycles. The third kappa shape index (κ3) is 4.32. The number of nitro groups is 1. The minimum absolute atomic E-state index is 0.0575. The number of rotatable bonds is 5. The lowest BCUT2D eigenvalue weighted by Gasteiger charge is -2.06. The monoisotopic (exact) mass is 469 g/mol. The van der Waals surface area contributed by atoms with E-state index in [-0.39, 0.29) is 11.3 Å². The first-order chi connectivity index (χ1) is 15.3. The van der Waals surface area contributed by atoms with Crippen molar-refractivity contribution in [1.82, 2.24) is 20.6 Å². The maximum atomic E-state index is 12.6. The summed E-state index contributed by atoms with van der Waals surface area (Å²) in [6, 6.07) is 14.4. The Balaban J connectivity index is 1.49. The van der Waals surface area contributed by atoms with Crippen LogP contribution in [0, 0.1) is 17.0 Å². The second-order valence-corrected chi connectivity index (χ2v) is 8.32. The van der Waals surface area contributed by atoms with E-state index in [4.69, 9.17) is 11.6 Å². The Labute approximate surface area is 190 Å². The fourth-order valence-electron chi connectivity index (χ4n) is 3.13. The third-order valence-corrected chi connectivity index (χ3v) is 6.23. The van der Waals surface area contributed by atoms with Gasteiger partial charge in [-0.3, -0.25) is 35.2 Å². The molecule has 0 saturated carbocycles. The predicted octanol–water partition coefficient (Wildman–Crippen LogP) is 4.09. The summed E-state index contributed by atoms with van der Waals surface area (Å²) in [5, 5.41) is 16.9. The molecule has 32 heavy (non-hydrogen) atoms. The number of thiophene rings is 1. The zero-order valence-electron chi connectivity index (χ0n) is 16.7. The van der Waals surface area contributed by atoms with Crippen LogP contribution in [0.4, 0.5) is 5.69 Å². The smallest absolute Gasteiger partial charge is 0.267 e. The number of nitrogens with one attached hydrogen (secondary N) is 2. The Hall–Kier alpha value is -3.76. The minimum Gasteiger partial charge on any atom is -0.267 e. The van der Waals surface area contributed by atoms with E-state index >= 15 is 0 Å². The van der Waals surface area contributed by atoms with Crippen LogP contribution in [0.1, 0.15) is 31.3 Å². The Morgan fingerprint density at radius 1 is 1.12 bits per heavy atom. The third-order valence-electron chi connectivity index (χ3n) is 4.72. The standard InChI is InChI=1S/C21H16ClN5O4S/c1-12-16-10-18(32-21(16)26(25-12)11-14-5-2-3-8-17(14)22)20(29)24-23-19(28)13-6-4-7-15(9-13)27(30)31/h2-10H,11H2,1H3,(H,23,28)(H,24,29). The Bertz CT molecular complexity index is 1360. The van der Waals surface area contributed by atoms with Crippen LogP contribution in [0.2, 0.25) is 5.02 Å². The quantitative estimate of drug-likeness (QED) is 0.337. The number of fused-ring (bicyclic) bond motifs is 1. The lowest BCUT2D eigenvalue weighted by atomic mass is 10.2. The number of halogens is 1. The topological polar surface area (TPSA) is 119 Å². The van der Waals surface area contributed by atoms with Crippen molar-refractivity contribution < 1.29 is 14.5 Å². The first-order valence-electron chi connectivity index (χ1n) is 9.39. The molecular weight excluding hydrogens is 454 g/mol. The number of aryl methyl sites for hydroxylation is 1. The second kappa shape index (κ2) is 8.77. The SMILES string of the molecule is Cc1nn(Cc2ccccc2Cl)c2sc(C(=O)NNC(=O)c3cccc([N+](=O)[O-])c3)cc12. The van der Waals surface area contributed by atoms with E-state index in [1.807, 2.05) is 31.2 Å². The molecule has 2 amide bonds. The van der Waals surface area contributed by atoms with Crippen molar-refractivity contribution in [2.75, 3.05) is 0 Å². The van der Waals surface area contributed by atoms with Crippen LogP contribution < -0.4 is 10.9 Å². The summed E-state index contributed by atoms with van der Waals surface area (Å²) < 4.78 is 1.79. The minimum atomic E-state index is -0.663. The number of benzene rings is 2. The lowest BCUT2D eigenvalue weighted by molar-refractivity contribution is -0.384. The average molecular weight is 470 g/mol. The second-order valence-electron chi connectivity index (χ2n) is 6.88. The molecule has 0 unspecified atom stereocenters. The van der Waals surface area contributed by atoms with Gasteiger partial charge < -0.3 is 0 Å². The number of hydrogen-bond donors (Lipinski definition) is 2. The Kier molecular flexibility index (Phi) is 5.89. The van der Waals surface area contributed by atoms with Crippen LogP contribution in [0.15, 0.2) is 54.6 Å². The first kappa shape index (κ1) is 21.5. The van der Waals surface area contributed by atoms with Crippen LogP contribution in [0.3, 0.4) is 0 Å². The molecule has 0 atom stereocenters. The van der Waals surface area contributed by atoms with Gasteiger partial charge in [-0.15, -0.1) is 11.3 Å². The number of carbonyl (C=O) groups is 2. The van der Waals surface area contributed by atoms with Crippen molar-refractivity contribution in [3.8, 4) is 0 Å². The molecule has 0 bridgehead atoms. The molecule has 2 heterocycles. The van der Waals surface area contributed by atoms with Crippen molar-refractivity contribution in [1.29, 1.82) is 0 Å². The van der Waals surface area contributed by atoms with Gasteiger partial charge in [0.25, 0.3) is 17.5 Å². The van der Waals surface area contributed by atoms with Gasteiger partial charge in [-0.05, 0) is 30.7 Å². The van der Waals surface area contributed by atoms with Crippen LogP contribution >= 0.6 is 22.9 Å². The van der Waals surface area contributed by atoms with Gasteiger partial charge in [0, 0.05) is 28.1 Å². The summed E-state index contributed by atoms with van der Waals surface area (Å²) in [5.41, 5.74) is 6.14. The molecule has 4 rings (SSSR count). The van der Waals surface area contributed by atoms with Crippen LogP contribution in [-0.2, 0) is 6.54 Å². The Morgan fingerprint density at radius 3 is 2.62 bits per heavy atom. The number of non-ortho nitro benzene ring substituents is 1. The van der Waals surface area contributed by atoms with E-state index in [1.165, 1.54) is 29.5 Å². The van der Waals surface area contributed by atoms with Gasteiger partial charge in [0.2, 0.25) is 0 Å². The number of aromatic nitrogens is 2. The number of nitro benzene ring substituents is 1. The largest absolute Gasteiger partial charge is 0.279 e. The van der Waals surface area contributed by atoms with Gasteiger partial charge in [0.1, 0.15) is 4.83 Å². The summed E-state index contributed by atoms with van der Waals surface area (Å²) >= 11 is 7.49. The Morgan fingerprint density at radius 2 is 1.88 bits per heavy atom. The fraction of sp³-hybridized carbons (Fsp3) is 0.0952. The summed E-state index contributed by atoms with van der Waals surface area (Å²) in [6.07, 6.45) is 0. The van der Waals surface area contributed by atoms with Crippen molar-refractivity contribution in [2.24, 2.45) is 0 Å². The molecule has 2 N–H and O–H groups in total. The van der Waals surface area contributed by atoms with Gasteiger partial charge in [0.15, 0.2) is 0 Å².